The predicted molar refractivity (Wildman–Crippen MR) is 183 cm³/mol. The summed E-state index contributed by atoms with van der Waals surface area (Å²) in [5, 5.41) is 12.1. The van der Waals surface area contributed by atoms with Gasteiger partial charge in [-0.2, -0.15) is 13.5 Å². The minimum absolute atomic E-state index is 0.0563. The minimum Gasteiger partial charge on any atom is -0.530 e. The number of hydroxylamine groups is 2. The lowest BCUT2D eigenvalue weighted by Gasteiger charge is -2.46. The number of piperidine rings is 1. The monoisotopic (exact) mass is 732 g/mol. The number of amides is 6. The topological polar surface area (TPSA) is 206 Å². The standard InChI is InChI=1S/C17H25N5O10S.C16H36N/c1-16(2,3)17(7-6-11(23)21(17)15(27)28)13(25)19-18-12(24)10-5-4-9-8-20(10)14(26)22(9)32-33(29,30)31;1-5-9-13-17(14-10-6-2,15-11-7-3)16-12-8-4/h9-10H,4-8H2,1-3H3,(H,18,24)(H,19,25)(H,27,28)(H,29,30,31);5-16H2,1-4H3/q;+1/p-1/t9-,10+,17+;/m1./s1. The maximum absolute atomic E-state index is 13.1. The molecule has 0 radical (unpaired) electrons. The summed E-state index contributed by atoms with van der Waals surface area (Å²) in [7, 11) is -4.95. The molecule has 16 nitrogen and oxygen atoms in total. The summed E-state index contributed by atoms with van der Waals surface area (Å²) < 4.78 is 36.5. The van der Waals surface area contributed by atoms with Crippen LogP contribution in [0, 0.1) is 5.41 Å². The number of carboxylic acid groups (broad SMARTS) is 1. The second kappa shape index (κ2) is 18.5. The molecule has 3 fully saturated rings. The van der Waals surface area contributed by atoms with Crippen molar-refractivity contribution in [2.24, 2.45) is 5.41 Å². The number of unbranched alkanes of at least 4 members (excludes halogenated alkanes) is 4. The van der Waals surface area contributed by atoms with Crippen LogP contribution in [0.2, 0.25) is 0 Å². The van der Waals surface area contributed by atoms with Gasteiger partial charge < -0.3 is 19.3 Å². The molecule has 3 aliphatic rings. The van der Waals surface area contributed by atoms with E-state index in [9.17, 15) is 37.5 Å². The molecule has 6 amide bonds. The number of rotatable bonds is 16. The summed E-state index contributed by atoms with van der Waals surface area (Å²) in [5.74, 6) is -2.57. The summed E-state index contributed by atoms with van der Waals surface area (Å²) in [5.41, 5.74) is 1.42. The smallest absolute Gasteiger partial charge is 0.418 e. The number of hydrogen-bond donors (Lipinski definition) is 3. The molecule has 3 N–H and O–H groups in total. The molecule has 2 bridgehead atoms. The Morgan fingerprint density at radius 3 is 1.84 bits per heavy atom. The highest BCUT2D eigenvalue weighted by molar-refractivity contribution is 7.80. The van der Waals surface area contributed by atoms with Gasteiger partial charge >= 0.3 is 16.4 Å². The van der Waals surface area contributed by atoms with E-state index in [0.717, 1.165) is 4.90 Å². The van der Waals surface area contributed by atoms with Crippen LogP contribution in [0.4, 0.5) is 9.59 Å². The number of hydrazine groups is 1. The van der Waals surface area contributed by atoms with Gasteiger partial charge in [-0.25, -0.2) is 4.79 Å². The molecule has 0 aromatic carbocycles. The van der Waals surface area contributed by atoms with Gasteiger partial charge in [-0.05, 0) is 50.4 Å². The number of carbonyl (C=O) groups excluding carboxylic acids is 5. The molecule has 0 spiro atoms. The van der Waals surface area contributed by atoms with Gasteiger partial charge in [-0.3, -0.25) is 34.7 Å². The van der Waals surface area contributed by atoms with Gasteiger partial charge in [0.25, 0.3) is 11.8 Å². The van der Waals surface area contributed by atoms with Crippen molar-refractivity contribution in [3.05, 3.63) is 0 Å². The van der Waals surface area contributed by atoms with E-state index >= 15 is 0 Å². The zero-order valence-corrected chi connectivity index (χ0v) is 31.8. The number of nitrogens with one attached hydrogen (secondary N) is 2. The normalized spacial score (nSPS) is 22.4. The third kappa shape index (κ3) is 10.5. The number of urea groups is 1. The third-order valence-electron chi connectivity index (χ3n) is 10.2. The van der Waals surface area contributed by atoms with Crippen LogP contribution in [-0.2, 0) is 29.1 Å². The largest absolute Gasteiger partial charge is 0.530 e. The molecule has 17 heteroatoms. The van der Waals surface area contributed by atoms with Crippen LogP contribution in [0.3, 0.4) is 0 Å². The Balaban J connectivity index is 0.000000432. The van der Waals surface area contributed by atoms with Crippen LogP contribution in [0.15, 0.2) is 0 Å². The van der Waals surface area contributed by atoms with Crippen molar-refractivity contribution in [2.45, 2.75) is 143 Å². The Hall–Kier alpha value is -3.02. The Labute approximate surface area is 297 Å². The maximum Gasteiger partial charge on any atom is 0.418 e. The number of imide groups is 1. The van der Waals surface area contributed by atoms with Crippen molar-refractivity contribution >= 4 is 40.2 Å². The molecule has 3 heterocycles. The van der Waals surface area contributed by atoms with Crippen molar-refractivity contribution in [3.63, 3.8) is 0 Å². The summed E-state index contributed by atoms with van der Waals surface area (Å²) in [6.07, 6.45) is 9.16. The van der Waals surface area contributed by atoms with Crippen molar-refractivity contribution in [2.75, 3.05) is 32.7 Å². The number of nitrogens with zero attached hydrogens (tertiary/aromatic N) is 4. The fourth-order valence-corrected chi connectivity index (χ4v) is 7.69. The lowest BCUT2D eigenvalue weighted by Crippen LogP contribution is -2.69. The number of quaternary nitrogens is 1. The Morgan fingerprint density at radius 2 is 1.42 bits per heavy atom. The summed E-state index contributed by atoms with van der Waals surface area (Å²) >= 11 is 0. The third-order valence-corrected chi connectivity index (χ3v) is 10.5. The van der Waals surface area contributed by atoms with Crippen molar-refractivity contribution < 1.29 is 50.8 Å². The molecule has 0 aromatic heterocycles. The van der Waals surface area contributed by atoms with E-state index in [4.69, 9.17) is 4.55 Å². The van der Waals surface area contributed by atoms with E-state index in [1.807, 2.05) is 0 Å². The molecule has 3 atom stereocenters. The van der Waals surface area contributed by atoms with Gasteiger partial charge in [0.2, 0.25) is 5.91 Å². The summed E-state index contributed by atoms with van der Waals surface area (Å²) in [4.78, 5) is 63.4. The van der Waals surface area contributed by atoms with E-state index in [2.05, 4.69) is 42.8 Å². The molecule has 0 aliphatic carbocycles. The van der Waals surface area contributed by atoms with Crippen LogP contribution in [-0.4, -0.2) is 113 Å². The van der Waals surface area contributed by atoms with Gasteiger partial charge in [0.05, 0.1) is 32.2 Å². The highest BCUT2D eigenvalue weighted by atomic mass is 32.3. The highest BCUT2D eigenvalue weighted by Gasteiger charge is 2.59. The summed E-state index contributed by atoms with van der Waals surface area (Å²) in [6, 6.07) is -2.77. The van der Waals surface area contributed by atoms with E-state index in [-0.39, 0.29) is 32.2 Å². The van der Waals surface area contributed by atoms with Crippen LogP contribution in [0.5, 0.6) is 0 Å². The first kappa shape index (κ1) is 43.1. The molecule has 3 saturated heterocycles. The SMILES string of the molecule is CC(C)(C)[C@@]1(C(=O)NNC(=O)[C@@H]2CC[C@@H]3CN2C(=O)N3OS(=O)(=O)O)CCC(=O)N1C(=O)[O-].CCCC[N+](CCCC)(CCCC)CCCC. The van der Waals surface area contributed by atoms with Gasteiger partial charge in [0, 0.05) is 13.0 Å². The van der Waals surface area contributed by atoms with E-state index in [1.165, 1.54) is 82.0 Å². The molecular formula is C33H60N6O10S. The quantitative estimate of drug-likeness (QED) is 0.120. The van der Waals surface area contributed by atoms with Crippen molar-refractivity contribution in [1.29, 1.82) is 0 Å². The van der Waals surface area contributed by atoms with Crippen LogP contribution in [0.25, 0.3) is 0 Å². The second-order valence-corrected chi connectivity index (χ2v) is 15.7. The maximum atomic E-state index is 13.1. The number of hydrogen-bond acceptors (Lipinski definition) is 9. The van der Waals surface area contributed by atoms with Gasteiger partial charge in [-0.15, -0.1) is 4.28 Å². The molecule has 0 saturated carbocycles. The first-order valence-corrected chi connectivity index (χ1v) is 19.5. The predicted octanol–water partition coefficient (Wildman–Crippen LogP) is 2.89. The molecule has 0 aromatic rings. The van der Waals surface area contributed by atoms with E-state index < -0.39 is 63.3 Å². The van der Waals surface area contributed by atoms with Crippen molar-refractivity contribution in [1.82, 2.24) is 25.7 Å². The fraction of sp³-hybridized carbons (Fsp3) is 0.848. The van der Waals surface area contributed by atoms with Gasteiger partial charge in [0.1, 0.15) is 17.7 Å². The number of carbonyl (C=O) groups is 5. The highest BCUT2D eigenvalue weighted by Crippen LogP contribution is 2.44. The van der Waals surface area contributed by atoms with Gasteiger partial charge in [0.15, 0.2) is 0 Å². The molecule has 0 unspecified atom stereocenters. The van der Waals surface area contributed by atoms with E-state index in [0.29, 0.717) is 9.96 Å². The Bertz CT molecular complexity index is 1270. The number of likely N-dealkylation sites (tertiary alicyclic amines) is 1. The van der Waals surface area contributed by atoms with Crippen LogP contribution >= 0.6 is 0 Å². The molecular weight excluding hydrogens is 672 g/mol. The minimum atomic E-state index is -4.95. The number of fused-ring (bicyclic) bond motifs is 2. The lowest BCUT2D eigenvalue weighted by molar-refractivity contribution is -0.929. The molecule has 3 rings (SSSR count). The van der Waals surface area contributed by atoms with E-state index in [1.54, 1.807) is 20.8 Å². The Kier molecular flexibility index (Phi) is 15.9. The van der Waals surface area contributed by atoms with Crippen LogP contribution in [0.1, 0.15) is 126 Å². The molecule has 50 heavy (non-hydrogen) atoms. The van der Waals surface area contributed by atoms with Crippen LogP contribution < -0.4 is 16.0 Å². The first-order valence-electron chi connectivity index (χ1n) is 18.1. The fourth-order valence-electron chi connectivity index (χ4n) is 7.30. The van der Waals surface area contributed by atoms with Crippen molar-refractivity contribution in [3.8, 4) is 0 Å². The zero-order valence-electron chi connectivity index (χ0n) is 31.0. The average molecular weight is 733 g/mol. The molecule has 3 aliphatic heterocycles. The van der Waals surface area contributed by atoms with Gasteiger partial charge in [-0.1, -0.05) is 74.1 Å². The Morgan fingerprint density at radius 1 is 0.920 bits per heavy atom. The summed E-state index contributed by atoms with van der Waals surface area (Å²) in [6.45, 7) is 19.7. The lowest BCUT2D eigenvalue weighted by atomic mass is 9.71. The average Bonchev–Trinajstić information content (AvgIpc) is 3.53. The molecule has 288 valence electrons. The second-order valence-electron chi connectivity index (χ2n) is 14.7. The zero-order chi connectivity index (χ0) is 37.9. The first-order chi connectivity index (χ1) is 23.3.